The van der Waals surface area contributed by atoms with E-state index in [1.807, 2.05) is 4.72 Å². The Bertz CT molecular complexity index is 745. The van der Waals surface area contributed by atoms with E-state index in [9.17, 15) is 17.2 Å². The number of hydrogen-bond donors (Lipinski definition) is 1. The highest BCUT2D eigenvalue weighted by atomic mass is 79.9. The van der Waals surface area contributed by atoms with Crippen molar-refractivity contribution in [2.75, 3.05) is 4.72 Å². The van der Waals surface area contributed by atoms with Crippen LogP contribution in [0.4, 0.5) is 14.5 Å². The van der Waals surface area contributed by atoms with Gasteiger partial charge in [-0.2, -0.15) is 0 Å². The monoisotopic (exact) mass is 381 g/mol. The fourth-order valence-electron chi connectivity index (χ4n) is 1.49. The fourth-order valence-corrected chi connectivity index (χ4v) is 3.88. The van der Waals surface area contributed by atoms with Crippen LogP contribution in [0.15, 0.2) is 45.8 Å². The van der Waals surface area contributed by atoms with Gasteiger partial charge in [0.25, 0.3) is 10.0 Å². The Hall–Kier alpha value is -1.18. The number of benzene rings is 2. The fraction of sp³-hybridized carbons (Fsp3) is 0. The number of sulfonamides is 1. The van der Waals surface area contributed by atoms with E-state index < -0.39 is 27.3 Å². The molecule has 1 N–H and O–H groups in total. The molecule has 2 aromatic carbocycles. The Morgan fingerprint density at radius 2 is 1.80 bits per heavy atom. The zero-order chi connectivity index (χ0) is 14.9. The summed E-state index contributed by atoms with van der Waals surface area (Å²) in [5, 5.41) is -0.363. The van der Waals surface area contributed by atoms with Crippen LogP contribution in [-0.2, 0) is 10.0 Å². The minimum absolute atomic E-state index is 0.0835. The normalized spacial score (nSPS) is 11.4. The van der Waals surface area contributed by atoms with Crippen molar-refractivity contribution in [3.05, 3.63) is 57.5 Å². The van der Waals surface area contributed by atoms with Gasteiger partial charge in [-0.25, -0.2) is 17.2 Å². The molecule has 0 atom stereocenters. The molecule has 0 spiro atoms. The number of halogens is 4. The van der Waals surface area contributed by atoms with Gasteiger partial charge in [0.05, 0.1) is 5.02 Å². The van der Waals surface area contributed by atoms with E-state index in [0.717, 1.165) is 6.07 Å². The molecule has 0 fully saturated rings. The second kappa shape index (κ2) is 5.67. The average Bonchev–Trinajstić information content (AvgIpc) is 2.34. The maximum atomic E-state index is 13.6. The second-order valence-electron chi connectivity index (χ2n) is 3.78. The molecular weight excluding hydrogens is 376 g/mol. The first-order valence-corrected chi connectivity index (χ1v) is 7.88. The second-order valence-corrected chi connectivity index (χ2v) is 6.69. The van der Waals surface area contributed by atoms with Crippen molar-refractivity contribution >= 4 is 43.2 Å². The molecule has 106 valence electrons. The molecule has 2 aromatic rings. The summed E-state index contributed by atoms with van der Waals surface area (Å²) in [6.07, 6.45) is 0. The lowest BCUT2D eigenvalue weighted by Crippen LogP contribution is -2.15. The summed E-state index contributed by atoms with van der Waals surface area (Å²) in [6.45, 7) is 0. The van der Waals surface area contributed by atoms with Crippen molar-refractivity contribution in [3.8, 4) is 0 Å². The third kappa shape index (κ3) is 3.11. The standard InChI is InChI=1S/C12H7BrClF2NO2S/c13-8-3-1-2-4-11(8)20(18,19)17-12-9(14)5-7(15)6-10(12)16/h1-6,17H. The first-order valence-electron chi connectivity index (χ1n) is 5.23. The van der Waals surface area contributed by atoms with Crippen LogP contribution in [0.5, 0.6) is 0 Å². The Kier molecular flexibility index (Phi) is 4.31. The van der Waals surface area contributed by atoms with Crippen molar-refractivity contribution in [1.29, 1.82) is 0 Å². The highest BCUT2D eigenvalue weighted by Crippen LogP contribution is 2.30. The molecule has 0 amide bonds. The number of anilines is 1. The van der Waals surface area contributed by atoms with Crippen molar-refractivity contribution in [2.24, 2.45) is 0 Å². The molecule has 0 bridgehead atoms. The molecule has 0 saturated carbocycles. The van der Waals surface area contributed by atoms with E-state index in [1.165, 1.54) is 18.2 Å². The molecule has 3 nitrogen and oxygen atoms in total. The molecule has 0 saturated heterocycles. The van der Waals surface area contributed by atoms with Crippen molar-refractivity contribution in [1.82, 2.24) is 0 Å². The average molecular weight is 383 g/mol. The highest BCUT2D eigenvalue weighted by Gasteiger charge is 2.21. The molecule has 8 heteroatoms. The summed E-state index contributed by atoms with van der Waals surface area (Å²) in [5.74, 6) is -1.98. The van der Waals surface area contributed by atoms with Gasteiger partial charge in [-0.3, -0.25) is 4.72 Å². The highest BCUT2D eigenvalue weighted by molar-refractivity contribution is 9.10. The maximum absolute atomic E-state index is 13.6. The SMILES string of the molecule is O=S(=O)(Nc1c(F)cc(F)cc1Cl)c1ccccc1Br. The van der Waals surface area contributed by atoms with Gasteiger partial charge in [-0.15, -0.1) is 0 Å². The van der Waals surface area contributed by atoms with E-state index in [-0.39, 0.29) is 9.92 Å². The minimum atomic E-state index is -4.05. The molecule has 0 unspecified atom stereocenters. The Balaban J connectivity index is 2.47. The molecular formula is C12H7BrClF2NO2S. The minimum Gasteiger partial charge on any atom is -0.275 e. The topological polar surface area (TPSA) is 46.2 Å². The Morgan fingerprint density at radius 3 is 2.40 bits per heavy atom. The summed E-state index contributed by atoms with van der Waals surface area (Å²) >= 11 is 8.74. The van der Waals surface area contributed by atoms with Crippen LogP contribution in [0.3, 0.4) is 0 Å². The summed E-state index contributed by atoms with van der Waals surface area (Å²) in [7, 11) is -4.05. The van der Waals surface area contributed by atoms with Gasteiger partial charge in [-0.05, 0) is 34.1 Å². The zero-order valence-electron chi connectivity index (χ0n) is 9.70. The van der Waals surface area contributed by atoms with Crippen LogP contribution in [0.2, 0.25) is 5.02 Å². The first kappa shape index (κ1) is 15.2. The molecule has 0 aromatic heterocycles. The van der Waals surface area contributed by atoms with Crippen LogP contribution in [-0.4, -0.2) is 8.42 Å². The molecule has 0 aliphatic rings. The van der Waals surface area contributed by atoms with Crippen LogP contribution in [0.25, 0.3) is 0 Å². The molecule has 0 heterocycles. The molecule has 20 heavy (non-hydrogen) atoms. The quantitative estimate of drug-likeness (QED) is 0.865. The largest absolute Gasteiger partial charge is 0.275 e. The van der Waals surface area contributed by atoms with E-state index in [1.54, 1.807) is 6.07 Å². The van der Waals surface area contributed by atoms with E-state index in [2.05, 4.69) is 15.9 Å². The van der Waals surface area contributed by atoms with Crippen molar-refractivity contribution < 1.29 is 17.2 Å². The molecule has 0 aliphatic carbocycles. The maximum Gasteiger partial charge on any atom is 0.263 e. The molecule has 0 aliphatic heterocycles. The van der Waals surface area contributed by atoms with Crippen LogP contribution in [0.1, 0.15) is 0 Å². The van der Waals surface area contributed by atoms with Gasteiger partial charge in [0.1, 0.15) is 16.4 Å². The number of rotatable bonds is 3. The van der Waals surface area contributed by atoms with E-state index in [4.69, 9.17) is 11.6 Å². The Morgan fingerprint density at radius 1 is 1.15 bits per heavy atom. The summed E-state index contributed by atoms with van der Waals surface area (Å²) < 4.78 is 53.1. The van der Waals surface area contributed by atoms with E-state index >= 15 is 0 Å². The van der Waals surface area contributed by atoms with Crippen LogP contribution in [0, 0.1) is 11.6 Å². The Labute approximate surface area is 127 Å². The molecule has 2 rings (SSSR count). The number of hydrogen-bond acceptors (Lipinski definition) is 2. The zero-order valence-corrected chi connectivity index (χ0v) is 12.9. The van der Waals surface area contributed by atoms with Crippen molar-refractivity contribution in [3.63, 3.8) is 0 Å². The smallest absolute Gasteiger partial charge is 0.263 e. The lowest BCUT2D eigenvalue weighted by Gasteiger charge is -2.11. The third-order valence-corrected chi connectivity index (χ3v) is 5.03. The van der Waals surface area contributed by atoms with Crippen molar-refractivity contribution in [2.45, 2.75) is 4.90 Å². The van der Waals surface area contributed by atoms with Gasteiger partial charge in [0.15, 0.2) is 5.82 Å². The summed E-state index contributed by atoms with van der Waals surface area (Å²) in [4.78, 5) is -0.0835. The lowest BCUT2D eigenvalue weighted by molar-refractivity contribution is 0.583. The lowest BCUT2D eigenvalue weighted by atomic mass is 10.3. The van der Waals surface area contributed by atoms with E-state index in [0.29, 0.717) is 10.5 Å². The van der Waals surface area contributed by atoms with Gasteiger partial charge in [0, 0.05) is 10.5 Å². The van der Waals surface area contributed by atoms with Gasteiger partial charge in [0.2, 0.25) is 0 Å². The first-order chi connectivity index (χ1) is 9.31. The summed E-state index contributed by atoms with van der Waals surface area (Å²) in [5.41, 5.74) is -0.496. The number of nitrogens with one attached hydrogen (secondary N) is 1. The van der Waals surface area contributed by atoms with Gasteiger partial charge in [-0.1, -0.05) is 23.7 Å². The third-order valence-electron chi connectivity index (χ3n) is 2.37. The van der Waals surface area contributed by atoms with Gasteiger partial charge < -0.3 is 0 Å². The summed E-state index contributed by atoms with van der Waals surface area (Å²) in [6, 6.07) is 7.38. The van der Waals surface area contributed by atoms with Crippen LogP contribution >= 0.6 is 27.5 Å². The predicted molar refractivity (Wildman–Crippen MR) is 76.3 cm³/mol. The molecule has 0 radical (unpaired) electrons. The van der Waals surface area contributed by atoms with Gasteiger partial charge >= 0.3 is 0 Å². The predicted octanol–water partition coefficient (Wildman–Crippen LogP) is 4.18. The van der Waals surface area contributed by atoms with Crippen LogP contribution < -0.4 is 4.72 Å².